The van der Waals surface area contributed by atoms with Crippen LogP contribution in [0.1, 0.15) is 6.42 Å². The number of hydrogen-bond acceptors (Lipinski definition) is 2. The Balaban J connectivity index is 2.33. The number of anilines is 1. The van der Waals surface area contributed by atoms with Crippen LogP contribution in [-0.4, -0.2) is 23.5 Å². The van der Waals surface area contributed by atoms with Crippen molar-refractivity contribution < 1.29 is 14.7 Å². The number of aliphatic carboxylic acids is 1. The van der Waals surface area contributed by atoms with E-state index in [1.807, 2.05) is 12.1 Å². The Kier molecular flexibility index (Phi) is 3.53. The van der Waals surface area contributed by atoms with Crippen molar-refractivity contribution in [3.63, 3.8) is 0 Å². The van der Waals surface area contributed by atoms with Gasteiger partial charge in [-0.1, -0.05) is 15.9 Å². The molecular formula is C11H9Br2NO3. The zero-order chi connectivity index (χ0) is 12.6. The highest BCUT2D eigenvalue weighted by molar-refractivity contribution is 9.11. The molecule has 1 unspecified atom stereocenters. The van der Waals surface area contributed by atoms with Gasteiger partial charge >= 0.3 is 5.97 Å². The maximum Gasteiger partial charge on any atom is 0.316 e. The number of carbonyl (C=O) groups is 2. The molecule has 0 spiro atoms. The fraction of sp³-hybridized carbons (Fsp3) is 0.273. The molecule has 0 aliphatic carbocycles. The van der Waals surface area contributed by atoms with Crippen LogP contribution in [0.15, 0.2) is 27.1 Å². The lowest BCUT2D eigenvalue weighted by molar-refractivity contribution is -0.144. The lowest BCUT2D eigenvalue weighted by atomic mass is 10.1. The molecule has 1 amide bonds. The first kappa shape index (κ1) is 12.6. The molecule has 6 heteroatoms. The Bertz CT molecular complexity index is 490. The first-order chi connectivity index (χ1) is 8.00. The molecule has 0 aromatic heterocycles. The van der Waals surface area contributed by atoms with Gasteiger partial charge in [-0.05, 0) is 40.5 Å². The first-order valence-corrected chi connectivity index (χ1v) is 6.58. The molecule has 1 N–H and O–H groups in total. The minimum atomic E-state index is -1.05. The van der Waals surface area contributed by atoms with Gasteiger partial charge in [0.1, 0.15) is 5.92 Å². The van der Waals surface area contributed by atoms with Gasteiger partial charge in [0, 0.05) is 15.5 Å². The van der Waals surface area contributed by atoms with Crippen molar-refractivity contribution in [1.29, 1.82) is 0 Å². The summed E-state index contributed by atoms with van der Waals surface area (Å²) in [6.45, 7) is 0.435. The molecule has 17 heavy (non-hydrogen) atoms. The monoisotopic (exact) mass is 361 g/mol. The molecule has 0 saturated carbocycles. The largest absolute Gasteiger partial charge is 0.481 e. The topological polar surface area (TPSA) is 57.6 Å². The highest BCUT2D eigenvalue weighted by atomic mass is 79.9. The Morgan fingerprint density at radius 3 is 2.71 bits per heavy atom. The molecule has 0 bridgehead atoms. The normalized spacial score (nSPS) is 19.8. The van der Waals surface area contributed by atoms with Crippen LogP contribution in [0.4, 0.5) is 5.69 Å². The summed E-state index contributed by atoms with van der Waals surface area (Å²) in [4.78, 5) is 24.3. The molecule has 1 aliphatic rings. The van der Waals surface area contributed by atoms with Gasteiger partial charge in [-0.3, -0.25) is 9.59 Å². The van der Waals surface area contributed by atoms with E-state index in [4.69, 9.17) is 5.11 Å². The van der Waals surface area contributed by atoms with Crippen molar-refractivity contribution >= 4 is 49.4 Å². The number of carboxylic acid groups (broad SMARTS) is 1. The average Bonchev–Trinajstić information content (AvgIpc) is 2.64. The van der Waals surface area contributed by atoms with Gasteiger partial charge in [-0.15, -0.1) is 0 Å². The summed E-state index contributed by atoms with van der Waals surface area (Å²) in [5.41, 5.74) is 0.702. The quantitative estimate of drug-likeness (QED) is 0.823. The van der Waals surface area contributed by atoms with Crippen molar-refractivity contribution in [3.8, 4) is 0 Å². The van der Waals surface area contributed by atoms with Crippen LogP contribution in [0.2, 0.25) is 0 Å². The zero-order valence-corrected chi connectivity index (χ0v) is 11.9. The molecule has 1 aromatic carbocycles. The van der Waals surface area contributed by atoms with Crippen molar-refractivity contribution in [3.05, 3.63) is 27.1 Å². The third-order valence-electron chi connectivity index (χ3n) is 2.70. The molecular weight excluding hydrogens is 354 g/mol. The highest BCUT2D eigenvalue weighted by Gasteiger charge is 2.38. The van der Waals surface area contributed by atoms with Gasteiger partial charge in [0.25, 0.3) is 0 Å². The second kappa shape index (κ2) is 4.78. The molecule has 0 radical (unpaired) electrons. The predicted molar refractivity (Wildman–Crippen MR) is 69.9 cm³/mol. The van der Waals surface area contributed by atoms with Gasteiger partial charge in [-0.2, -0.15) is 0 Å². The summed E-state index contributed by atoms with van der Waals surface area (Å²) >= 11 is 6.70. The van der Waals surface area contributed by atoms with Crippen molar-refractivity contribution in [2.24, 2.45) is 5.92 Å². The number of rotatable bonds is 2. The SMILES string of the molecule is O=C(O)C1CCN(c2cc(Br)ccc2Br)C1=O. The van der Waals surface area contributed by atoms with E-state index in [-0.39, 0.29) is 5.91 Å². The molecule has 1 fully saturated rings. The third-order valence-corrected chi connectivity index (χ3v) is 3.87. The highest BCUT2D eigenvalue weighted by Crippen LogP contribution is 2.33. The van der Waals surface area contributed by atoms with Gasteiger partial charge in [0.05, 0.1) is 5.69 Å². The predicted octanol–water partition coefficient (Wildman–Crippen LogP) is 2.65. The molecule has 1 saturated heterocycles. The fourth-order valence-corrected chi connectivity index (χ4v) is 2.65. The van der Waals surface area contributed by atoms with E-state index in [0.717, 1.165) is 8.95 Å². The summed E-state index contributed by atoms with van der Waals surface area (Å²) in [6.07, 6.45) is 0.354. The van der Waals surface area contributed by atoms with Gasteiger partial charge < -0.3 is 10.0 Å². The minimum absolute atomic E-state index is 0.351. The van der Waals surface area contributed by atoms with Crippen LogP contribution in [-0.2, 0) is 9.59 Å². The van der Waals surface area contributed by atoms with E-state index in [0.29, 0.717) is 18.7 Å². The Labute approximate surface area is 115 Å². The van der Waals surface area contributed by atoms with E-state index >= 15 is 0 Å². The number of halogens is 2. The lowest BCUT2D eigenvalue weighted by Gasteiger charge is -2.18. The standard InChI is InChI=1S/C11H9Br2NO3/c12-6-1-2-8(13)9(5-6)14-4-3-7(10(14)15)11(16)17/h1-2,5,7H,3-4H2,(H,16,17). The summed E-state index contributed by atoms with van der Waals surface area (Å²) in [5, 5.41) is 8.90. The van der Waals surface area contributed by atoms with Gasteiger partial charge in [-0.25, -0.2) is 0 Å². The van der Waals surface area contributed by atoms with Crippen LogP contribution < -0.4 is 4.90 Å². The van der Waals surface area contributed by atoms with Gasteiger partial charge in [0.15, 0.2) is 0 Å². The number of nitrogens with zero attached hydrogens (tertiary/aromatic N) is 1. The summed E-state index contributed by atoms with van der Waals surface area (Å²) in [5.74, 6) is -2.32. The van der Waals surface area contributed by atoms with Crippen LogP contribution in [0.25, 0.3) is 0 Å². The second-order valence-electron chi connectivity index (χ2n) is 3.77. The molecule has 1 aromatic rings. The first-order valence-electron chi connectivity index (χ1n) is 5.00. The molecule has 1 aliphatic heterocycles. The number of hydrogen-bond donors (Lipinski definition) is 1. The van der Waals surface area contributed by atoms with Crippen LogP contribution in [0, 0.1) is 5.92 Å². The molecule has 1 heterocycles. The second-order valence-corrected chi connectivity index (χ2v) is 5.54. The van der Waals surface area contributed by atoms with E-state index < -0.39 is 11.9 Å². The van der Waals surface area contributed by atoms with E-state index in [9.17, 15) is 9.59 Å². The summed E-state index contributed by atoms with van der Waals surface area (Å²) < 4.78 is 1.63. The van der Waals surface area contributed by atoms with Crippen LogP contribution in [0.3, 0.4) is 0 Å². The maximum atomic E-state index is 11.9. The van der Waals surface area contributed by atoms with Crippen LogP contribution >= 0.6 is 31.9 Å². The number of carboxylic acids is 1. The average molecular weight is 363 g/mol. The fourth-order valence-electron chi connectivity index (χ4n) is 1.84. The van der Waals surface area contributed by atoms with E-state index in [1.54, 1.807) is 6.07 Å². The van der Waals surface area contributed by atoms with Crippen molar-refractivity contribution in [2.45, 2.75) is 6.42 Å². The lowest BCUT2D eigenvalue weighted by Crippen LogP contribution is -2.30. The zero-order valence-electron chi connectivity index (χ0n) is 8.69. The molecule has 2 rings (SSSR count). The number of benzene rings is 1. The molecule has 4 nitrogen and oxygen atoms in total. The maximum absolute atomic E-state index is 11.9. The number of amides is 1. The van der Waals surface area contributed by atoms with E-state index in [1.165, 1.54) is 4.90 Å². The van der Waals surface area contributed by atoms with E-state index in [2.05, 4.69) is 31.9 Å². The van der Waals surface area contributed by atoms with Crippen LogP contribution in [0.5, 0.6) is 0 Å². The Morgan fingerprint density at radius 1 is 1.41 bits per heavy atom. The molecule has 90 valence electrons. The summed E-state index contributed by atoms with van der Waals surface area (Å²) in [7, 11) is 0. The van der Waals surface area contributed by atoms with Gasteiger partial charge in [0.2, 0.25) is 5.91 Å². The summed E-state index contributed by atoms with van der Waals surface area (Å²) in [6, 6.07) is 5.47. The number of carbonyl (C=O) groups excluding carboxylic acids is 1. The van der Waals surface area contributed by atoms with Crippen molar-refractivity contribution in [1.82, 2.24) is 0 Å². The third kappa shape index (κ3) is 2.37. The Hall–Kier alpha value is -0.880. The Morgan fingerprint density at radius 2 is 2.12 bits per heavy atom. The smallest absolute Gasteiger partial charge is 0.316 e. The van der Waals surface area contributed by atoms with Crippen molar-refractivity contribution in [2.75, 3.05) is 11.4 Å². The molecule has 1 atom stereocenters. The minimum Gasteiger partial charge on any atom is -0.481 e.